The van der Waals surface area contributed by atoms with E-state index in [1.807, 2.05) is 0 Å². The Kier molecular flexibility index (Phi) is 2.55. The largest absolute Gasteiger partial charge is 0.338 e. The zero-order valence-corrected chi connectivity index (χ0v) is 11.5. The van der Waals surface area contributed by atoms with Gasteiger partial charge in [-0.15, -0.1) is 0 Å². The van der Waals surface area contributed by atoms with Crippen LogP contribution in [-0.4, -0.2) is 22.6 Å². The number of carbonyl (C=O) groups is 1. The summed E-state index contributed by atoms with van der Waals surface area (Å²) in [6.07, 6.45) is -1.14. The van der Waals surface area contributed by atoms with Crippen LogP contribution in [0, 0.1) is 15.5 Å². The molecule has 0 radical (unpaired) electrons. The molecule has 1 aromatic carbocycles. The van der Waals surface area contributed by atoms with E-state index in [9.17, 15) is 14.9 Å². The topological polar surface area (TPSA) is 78.7 Å². The van der Waals surface area contributed by atoms with Gasteiger partial charge in [0.05, 0.1) is 10.3 Å². The molecule has 1 aromatic rings. The van der Waals surface area contributed by atoms with Crippen LogP contribution in [0.3, 0.4) is 0 Å². The maximum absolute atomic E-state index is 12.3. The van der Waals surface area contributed by atoms with Crippen molar-refractivity contribution in [1.29, 1.82) is 0 Å². The molecule has 3 rings (SSSR count). The van der Waals surface area contributed by atoms with Crippen LogP contribution in [0.15, 0.2) is 24.3 Å². The first kappa shape index (κ1) is 13.2. The molecule has 0 unspecified atom stereocenters. The number of benzene rings is 1. The summed E-state index contributed by atoms with van der Waals surface area (Å²) in [5.74, 6) is -0.934. The number of nitro groups is 1. The van der Waals surface area contributed by atoms with Crippen molar-refractivity contribution in [2.45, 2.75) is 38.8 Å². The first-order valence-corrected chi connectivity index (χ1v) is 6.40. The van der Waals surface area contributed by atoms with Gasteiger partial charge in [-0.3, -0.25) is 14.9 Å². The Morgan fingerprint density at radius 2 is 1.65 bits per heavy atom. The molecular formula is C14H15NO5. The van der Waals surface area contributed by atoms with Gasteiger partial charge in [-0.25, -0.2) is 0 Å². The standard InChI is InChI=1S/C14H15NO5/c1-13(2)12(16)11-10(19-14(13,3)20-11)8-4-6-9(7-5-8)15(17)18/h4-7,10-11H,1-3H3/t10-,11+,14+/m0/s1. The number of nitrogens with zero attached hydrogens (tertiary/aromatic N) is 1. The second kappa shape index (κ2) is 3.86. The van der Waals surface area contributed by atoms with Gasteiger partial charge in [-0.05, 0) is 38.5 Å². The third kappa shape index (κ3) is 1.55. The van der Waals surface area contributed by atoms with Crippen molar-refractivity contribution in [3.63, 3.8) is 0 Å². The van der Waals surface area contributed by atoms with Crippen LogP contribution in [0.2, 0.25) is 0 Å². The molecule has 0 aromatic heterocycles. The third-order valence-corrected chi connectivity index (χ3v) is 4.42. The van der Waals surface area contributed by atoms with Crippen LogP contribution in [0.4, 0.5) is 5.69 Å². The number of nitro benzene ring substituents is 1. The molecule has 2 fully saturated rings. The molecule has 2 bridgehead atoms. The number of hydrogen-bond acceptors (Lipinski definition) is 5. The Labute approximate surface area is 115 Å². The Morgan fingerprint density at radius 1 is 1.10 bits per heavy atom. The lowest BCUT2D eigenvalue weighted by Crippen LogP contribution is -2.47. The number of ether oxygens (including phenoxy) is 2. The molecule has 2 aliphatic rings. The summed E-state index contributed by atoms with van der Waals surface area (Å²) in [4.78, 5) is 22.5. The summed E-state index contributed by atoms with van der Waals surface area (Å²) in [5.41, 5.74) is 0.0402. The fraction of sp³-hybridized carbons (Fsp3) is 0.500. The van der Waals surface area contributed by atoms with E-state index in [2.05, 4.69) is 0 Å². The summed E-state index contributed by atoms with van der Waals surface area (Å²) in [6.45, 7) is 5.37. The maximum Gasteiger partial charge on any atom is 0.269 e. The highest BCUT2D eigenvalue weighted by atomic mass is 16.8. The molecular weight excluding hydrogens is 262 g/mol. The van der Waals surface area contributed by atoms with Crippen LogP contribution in [0.5, 0.6) is 0 Å². The van der Waals surface area contributed by atoms with Crippen LogP contribution in [0.1, 0.15) is 32.4 Å². The van der Waals surface area contributed by atoms with Crippen molar-refractivity contribution in [2.24, 2.45) is 5.41 Å². The van der Waals surface area contributed by atoms with Gasteiger partial charge < -0.3 is 9.47 Å². The van der Waals surface area contributed by atoms with Gasteiger partial charge in [-0.1, -0.05) is 0 Å². The Morgan fingerprint density at radius 3 is 2.10 bits per heavy atom. The van der Waals surface area contributed by atoms with Gasteiger partial charge in [0.15, 0.2) is 17.7 Å². The molecule has 0 spiro atoms. The lowest BCUT2D eigenvalue weighted by Gasteiger charge is -2.36. The van der Waals surface area contributed by atoms with Crippen molar-refractivity contribution in [3.8, 4) is 0 Å². The van der Waals surface area contributed by atoms with Crippen molar-refractivity contribution in [3.05, 3.63) is 39.9 Å². The van der Waals surface area contributed by atoms with E-state index in [1.165, 1.54) is 12.1 Å². The first-order valence-electron chi connectivity index (χ1n) is 6.40. The van der Waals surface area contributed by atoms with Crippen molar-refractivity contribution in [2.75, 3.05) is 0 Å². The fourth-order valence-electron chi connectivity index (χ4n) is 2.73. The molecule has 6 nitrogen and oxygen atoms in total. The second-order valence-electron chi connectivity index (χ2n) is 5.86. The highest BCUT2D eigenvalue weighted by molar-refractivity contribution is 5.92. The quantitative estimate of drug-likeness (QED) is 0.612. The van der Waals surface area contributed by atoms with Gasteiger partial charge in [0.2, 0.25) is 0 Å². The lowest BCUT2D eigenvalue weighted by atomic mass is 9.77. The SMILES string of the molecule is CC1(C)C(=O)[C@@H]2O[C@@]1(C)O[C@H]2c1ccc([N+](=O)[O-])cc1. The number of non-ortho nitro benzene ring substituents is 1. The summed E-state index contributed by atoms with van der Waals surface area (Å²) in [5, 5.41) is 10.6. The van der Waals surface area contributed by atoms with Crippen LogP contribution in [0.25, 0.3) is 0 Å². The summed E-state index contributed by atoms with van der Waals surface area (Å²) in [7, 11) is 0. The number of hydrogen-bond donors (Lipinski definition) is 0. The molecule has 0 amide bonds. The molecule has 6 heteroatoms. The summed E-state index contributed by atoms with van der Waals surface area (Å²) >= 11 is 0. The predicted octanol–water partition coefficient (Wildman–Crippen LogP) is 2.38. The summed E-state index contributed by atoms with van der Waals surface area (Å²) < 4.78 is 11.6. The van der Waals surface area contributed by atoms with E-state index in [0.717, 1.165) is 0 Å². The smallest absolute Gasteiger partial charge is 0.269 e. The number of Topliss-reactive ketones (excluding diaryl/α,β-unsaturated/α-hetero) is 1. The molecule has 0 aliphatic carbocycles. The number of carbonyl (C=O) groups excluding carboxylic acids is 1. The van der Waals surface area contributed by atoms with Gasteiger partial charge >= 0.3 is 0 Å². The van der Waals surface area contributed by atoms with E-state index in [-0.39, 0.29) is 11.5 Å². The molecule has 3 atom stereocenters. The normalized spacial score (nSPS) is 34.5. The average molecular weight is 277 g/mol. The van der Waals surface area contributed by atoms with Gasteiger partial charge in [0.1, 0.15) is 6.10 Å². The van der Waals surface area contributed by atoms with E-state index in [4.69, 9.17) is 9.47 Å². The molecule has 20 heavy (non-hydrogen) atoms. The zero-order chi connectivity index (χ0) is 14.7. The summed E-state index contributed by atoms with van der Waals surface area (Å²) in [6, 6.07) is 6.03. The minimum absolute atomic E-state index is 0.00889. The Bertz CT molecular complexity index is 594. The second-order valence-corrected chi connectivity index (χ2v) is 5.86. The van der Waals surface area contributed by atoms with Crippen LogP contribution >= 0.6 is 0 Å². The third-order valence-electron chi connectivity index (χ3n) is 4.42. The fourth-order valence-corrected chi connectivity index (χ4v) is 2.73. The lowest BCUT2D eigenvalue weighted by molar-refractivity contribution is -0.384. The molecule has 2 aliphatic heterocycles. The van der Waals surface area contributed by atoms with Crippen LogP contribution in [-0.2, 0) is 14.3 Å². The van der Waals surface area contributed by atoms with E-state index in [1.54, 1.807) is 32.9 Å². The molecule has 0 N–H and O–H groups in total. The monoisotopic (exact) mass is 277 g/mol. The van der Waals surface area contributed by atoms with E-state index >= 15 is 0 Å². The minimum Gasteiger partial charge on any atom is -0.338 e. The van der Waals surface area contributed by atoms with E-state index < -0.39 is 28.3 Å². The van der Waals surface area contributed by atoms with Gasteiger partial charge in [-0.2, -0.15) is 0 Å². The van der Waals surface area contributed by atoms with E-state index in [0.29, 0.717) is 5.56 Å². The molecule has 0 saturated carbocycles. The maximum atomic E-state index is 12.3. The molecule has 106 valence electrons. The Hall–Kier alpha value is -1.79. The zero-order valence-electron chi connectivity index (χ0n) is 11.5. The van der Waals surface area contributed by atoms with Crippen molar-refractivity contribution < 1.29 is 19.2 Å². The van der Waals surface area contributed by atoms with Crippen molar-refractivity contribution in [1.82, 2.24) is 0 Å². The molecule has 2 saturated heterocycles. The van der Waals surface area contributed by atoms with Gasteiger partial charge in [0, 0.05) is 12.1 Å². The van der Waals surface area contributed by atoms with Crippen LogP contribution < -0.4 is 0 Å². The highest BCUT2D eigenvalue weighted by Gasteiger charge is 2.67. The van der Waals surface area contributed by atoms with Crippen molar-refractivity contribution >= 4 is 11.5 Å². The number of rotatable bonds is 2. The minimum atomic E-state index is -0.943. The highest BCUT2D eigenvalue weighted by Crippen LogP contribution is 2.55. The Balaban J connectivity index is 1.91. The molecule has 2 heterocycles. The number of ketones is 1. The average Bonchev–Trinajstić information content (AvgIpc) is 2.84. The number of fused-ring (bicyclic) bond motifs is 2. The van der Waals surface area contributed by atoms with Gasteiger partial charge in [0.25, 0.3) is 5.69 Å². The first-order chi connectivity index (χ1) is 9.26. The predicted molar refractivity (Wildman–Crippen MR) is 69.0 cm³/mol.